The number of carbonyl (C=O) groups excluding carboxylic acids is 1. The Morgan fingerprint density at radius 3 is 2.85 bits per heavy atom. The van der Waals surface area contributed by atoms with Crippen LogP contribution in [0.25, 0.3) is 0 Å². The lowest BCUT2D eigenvalue weighted by atomic mass is 10.3. The number of carbonyl (C=O) groups is 1. The number of ether oxygens (including phenoxy) is 1. The molecule has 1 aromatic heterocycles. The molecule has 0 aliphatic heterocycles. The molecule has 0 saturated carbocycles. The minimum Gasteiger partial charge on any atom is -0.462 e. The maximum Gasteiger partial charge on any atom is 0.340 e. The first-order valence-corrected chi connectivity index (χ1v) is 5.22. The summed E-state index contributed by atoms with van der Waals surface area (Å²) in [7, 11) is 0. The minimum atomic E-state index is -0.366. The number of halogens is 2. The van der Waals surface area contributed by atoms with Crippen LogP contribution in [0, 0.1) is 0 Å². The SMILES string of the molecule is CCOC(=O)c1cnc(Br)cc1Br. The number of esters is 1. The molecule has 0 fully saturated rings. The van der Waals surface area contributed by atoms with Crippen molar-refractivity contribution in [2.45, 2.75) is 6.92 Å². The van der Waals surface area contributed by atoms with Crippen LogP contribution in [0.5, 0.6) is 0 Å². The third kappa shape index (κ3) is 2.77. The summed E-state index contributed by atoms with van der Waals surface area (Å²) in [5.41, 5.74) is 0.435. The smallest absolute Gasteiger partial charge is 0.340 e. The number of nitrogens with zero attached hydrogens (tertiary/aromatic N) is 1. The lowest BCUT2D eigenvalue weighted by Crippen LogP contribution is -2.05. The van der Waals surface area contributed by atoms with E-state index in [0.717, 1.165) is 0 Å². The summed E-state index contributed by atoms with van der Waals surface area (Å²) in [6.45, 7) is 2.12. The minimum absolute atomic E-state index is 0.362. The van der Waals surface area contributed by atoms with Gasteiger partial charge < -0.3 is 4.74 Å². The van der Waals surface area contributed by atoms with Crippen molar-refractivity contribution in [2.75, 3.05) is 6.61 Å². The normalized spacial score (nSPS) is 9.77. The predicted molar refractivity (Wildman–Crippen MR) is 55.6 cm³/mol. The van der Waals surface area contributed by atoms with E-state index < -0.39 is 0 Å². The number of hydrogen-bond acceptors (Lipinski definition) is 3. The summed E-state index contributed by atoms with van der Waals surface area (Å²) in [4.78, 5) is 15.2. The highest BCUT2D eigenvalue weighted by Crippen LogP contribution is 2.20. The molecule has 0 bridgehead atoms. The quantitative estimate of drug-likeness (QED) is 0.623. The van der Waals surface area contributed by atoms with Gasteiger partial charge in [-0.05, 0) is 44.8 Å². The molecule has 1 heterocycles. The second-order valence-corrected chi connectivity index (χ2v) is 3.87. The molecule has 0 spiro atoms. The van der Waals surface area contributed by atoms with E-state index in [9.17, 15) is 4.79 Å². The first-order chi connectivity index (χ1) is 6.15. The van der Waals surface area contributed by atoms with E-state index in [2.05, 4.69) is 36.8 Å². The van der Waals surface area contributed by atoms with E-state index in [1.54, 1.807) is 13.0 Å². The zero-order valence-corrected chi connectivity index (χ0v) is 10.1. The van der Waals surface area contributed by atoms with Crippen molar-refractivity contribution in [1.29, 1.82) is 0 Å². The van der Waals surface area contributed by atoms with Crippen molar-refractivity contribution in [3.8, 4) is 0 Å². The second-order valence-electron chi connectivity index (χ2n) is 2.21. The zero-order valence-electron chi connectivity index (χ0n) is 6.88. The van der Waals surface area contributed by atoms with Gasteiger partial charge in [-0.25, -0.2) is 9.78 Å². The second kappa shape index (κ2) is 4.72. The molecule has 0 N–H and O–H groups in total. The Kier molecular flexibility index (Phi) is 3.87. The number of aromatic nitrogens is 1. The number of pyridine rings is 1. The van der Waals surface area contributed by atoms with Gasteiger partial charge in [-0.1, -0.05) is 0 Å². The number of hydrogen-bond donors (Lipinski definition) is 0. The van der Waals surface area contributed by atoms with Crippen LogP contribution >= 0.6 is 31.9 Å². The molecule has 1 aromatic rings. The van der Waals surface area contributed by atoms with Crippen LogP contribution in [-0.2, 0) is 4.74 Å². The van der Waals surface area contributed by atoms with Gasteiger partial charge in [0.1, 0.15) is 4.60 Å². The topological polar surface area (TPSA) is 39.2 Å². The maximum atomic E-state index is 11.3. The first-order valence-electron chi connectivity index (χ1n) is 3.63. The van der Waals surface area contributed by atoms with Crippen LogP contribution in [0.15, 0.2) is 21.3 Å². The maximum absolute atomic E-state index is 11.3. The van der Waals surface area contributed by atoms with Crippen molar-refractivity contribution in [3.63, 3.8) is 0 Å². The van der Waals surface area contributed by atoms with Crippen LogP contribution in [0.1, 0.15) is 17.3 Å². The van der Waals surface area contributed by atoms with Crippen molar-refractivity contribution in [1.82, 2.24) is 4.98 Å². The first kappa shape index (κ1) is 10.7. The molecule has 0 radical (unpaired) electrons. The molecule has 3 nitrogen and oxygen atoms in total. The highest BCUT2D eigenvalue weighted by Gasteiger charge is 2.11. The summed E-state index contributed by atoms with van der Waals surface area (Å²) in [5.74, 6) is -0.366. The van der Waals surface area contributed by atoms with E-state index in [1.165, 1.54) is 6.20 Å². The Morgan fingerprint density at radius 2 is 2.31 bits per heavy atom. The molecule has 70 valence electrons. The van der Waals surface area contributed by atoms with E-state index in [0.29, 0.717) is 21.2 Å². The lowest BCUT2D eigenvalue weighted by molar-refractivity contribution is 0.0525. The standard InChI is InChI=1S/C8H7Br2NO2/c1-2-13-8(12)5-4-11-7(10)3-6(5)9/h3-4H,2H2,1H3. The summed E-state index contributed by atoms with van der Waals surface area (Å²) < 4.78 is 6.17. The summed E-state index contributed by atoms with van der Waals surface area (Å²) in [5, 5.41) is 0. The van der Waals surface area contributed by atoms with Crippen molar-refractivity contribution in [3.05, 3.63) is 26.9 Å². The van der Waals surface area contributed by atoms with E-state index in [4.69, 9.17) is 4.74 Å². The van der Waals surface area contributed by atoms with E-state index in [1.807, 2.05) is 0 Å². The van der Waals surface area contributed by atoms with Crippen LogP contribution in [0.4, 0.5) is 0 Å². The largest absolute Gasteiger partial charge is 0.462 e. The van der Waals surface area contributed by atoms with Gasteiger partial charge in [-0.2, -0.15) is 0 Å². The van der Waals surface area contributed by atoms with Crippen molar-refractivity contribution in [2.24, 2.45) is 0 Å². The van der Waals surface area contributed by atoms with Crippen LogP contribution < -0.4 is 0 Å². The van der Waals surface area contributed by atoms with E-state index in [-0.39, 0.29) is 5.97 Å². The molecule has 0 aromatic carbocycles. The Morgan fingerprint density at radius 1 is 1.62 bits per heavy atom. The zero-order chi connectivity index (χ0) is 9.84. The molecule has 0 saturated heterocycles. The highest BCUT2D eigenvalue weighted by molar-refractivity contribution is 9.11. The predicted octanol–water partition coefficient (Wildman–Crippen LogP) is 2.78. The Balaban J connectivity index is 2.95. The van der Waals surface area contributed by atoms with Crippen LogP contribution in [-0.4, -0.2) is 17.6 Å². The van der Waals surface area contributed by atoms with Gasteiger partial charge in [-0.3, -0.25) is 0 Å². The third-order valence-corrected chi connectivity index (χ3v) is 2.41. The molecule has 1 rings (SSSR count). The molecule has 0 atom stereocenters. The Hall–Kier alpha value is -0.420. The summed E-state index contributed by atoms with van der Waals surface area (Å²) in [6.07, 6.45) is 1.46. The van der Waals surface area contributed by atoms with E-state index >= 15 is 0 Å². The summed E-state index contributed by atoms with van der Waals surface area (Å²) in [6, 6.07) is 1.70. The molecule has 0 amide bonds. The van der Waals surface area contributed by atoms with Gasteiger partial charge in [0.25, 0.3) is 0 Å². The highest BCUT2D eigenvalue weighted by atomic mass is 79.9. The van der Waals surface area contributed by atoms with Gasteiger partial charge in [0, 0.05) is 10.7 Å². The molecule has 13 heavy (non-hydrogen) atoms. The summed E-state index contributed by atoms with van der Waals surface area (Å²) >= 11 is 6.44. The monoisotopic (exact) mass is 307 g/mol. The Bertz CT molecular complexity index is 328. The molecule has 0 unspecified atom stereocenters. The average molecular weight is 309 g/mol. The van der Waals surface area contributed by atoms with Gasteiger partial charge >= 0.3 is 5.97 Å². The lowest BCUT2D eigenvalue weighted by Gasteiger charge is -2.03. The van der Waals surface area contributed by atoms with Crippen LogP contribution in [0.2, 0.25) is 0 Å². The fourth-order valence-corrected chi connectivity index (χ4v) is 1.89. The van der Waals surface area contributed by atoms with Gasteiger partial charge in [0.05, 0.1) is 12.2 Å². The number of rotatable bonds is 2. The van der Waals surface area contributed by atoms with Crippen molar-refractivity contribution < 1.29 is 9.53 Å². The third-order valence-electron chi connectivity index (χ3n) is 1.32. The molecule has 0 aliphatic carbocycles. The van der Waals surface area contributed by atoms with Gasteiger partial charge in [0.15, 0.2) is 0 Å². The van der Waals surface area contributed by atoms with Crippen molar-refractivity contribution >= 4 is 37.8 Å². The fourth-order valence-electron chi connectivity index (χ4n) is 0.767. The average Bonchev–Trinajstić information content (AvgIpc) is 2.04. The fraction of sp³-hybridized carbons (Fsp3) is 0.250. The molecular weight excluding hydrogens is 302 g/mol. The molecule has 0 aliphatic rings. The molecule has 5 heteroatoms. The van der Waals surface area contributed by atoms with Crippen LogP contribution in [0.3, 0.4) is 0 Å². The van der Waals surface area contributed by atoms with Gasteiger partial charge in [0.2, 0.25) is 0 Å². The molecular formula is C8H7Br2NO2. The van der Waals surface area contributed by atoms with Gasteiger partial charge in [-0.15, -0.1) is 0 Å². The Labute approximate surface area is 92.8 Å².